The van der Waals surface area contributed by atoms with Crippen LogP contribution in [-0.2, 0) is 4.79 Å². The summed E-state index contributed by atoms with van der Waals surface area (Å²) in [5, 5.41) is 10.2. The van der Waals surface area contributed by atoms with Gasteiger partial charge in [0.2, 0.25) is 0 Å². The Hall–Kier alpha value is 0.210. The van der Waals surface area contributed by atoms with Crippen LogP contribution < -0.4 is 34.7 Å². The van der Waals surface area contributed by atoms with Crippen molar-refractivity contribution in [2.24, 2.45) is 0 Å². The van der Waals surface area contributed by atoms with E-state index in [0.29, 0.717) is 0 Å². The summed E-state index contributed by atoms with van der Waals surface area (Å²) in [6.45, 7) is 2.26. The molecule has 0 unspecified atom stereocenters. The fraction of sp³-hybridized carbons (Fsp3) is 0.842. The molecule has 0 saturated heterocycles. The first-order valence-electron chi connectivity index (χ1n) is 8.62. The minimum absolute atomic E-state index is 0. The first-order chi connectivity index (χ1) is 9.77. The molecule has 0 rings (SSSR count). The second-order valence-corrected chi connectivity index (χ2v) is 5.71. The second-order valence-electron chi connectivity index (χ2n) is 5.71. The molecule has 3 heteroatoms. The Morgan fingerprint density at radius 2 is 1.18 bits per heavy atom. The number of carboxylic acid groups (broad SMARTS) is 1. The molecule has 0 radical (unpaired) electrons. The third kappa shape index (κ3) is 25.2. The number of hydrogen-bond donors (Lipinski definition) is 0. The summed E-state index contributed by atoms with van der Waals surface area (Å²) < 4.78 is 0. The Bertz CT molecular complexity index is 240. The molecule has 0 aliphatic rings. The van der Waals surface area contributed by atoms with Gasteiger partial charge in [-0.05, 0) is 38.5 Å². The molecule has 0 aromatic carbocycles. The van der Waals surface area contributed by atoms with Crippen molar-refractivity contribution < 1.29 is 39.5 Å². The number of allylic oxidation sites excluding steroid dienone is 2. The summed E-state index contributed by atoms with van der Waals surface area (Å²) in [6.07, 6.45) is 20.9. The van der Waals surface area contributed by atoms with E-state index in [4.69, 9.17) is 0 Å². The monoisotopic (exact) mass is 320 g/mol. The van der Waals surface area contributed by atoms with Gasteiger partial charge in [0, 0.05) is 5.97 Å². The van der Waals surface area contributed by atoms with Gasteiger partial charge in [-0.25, -0.2) is 0 Å². The minimum atomic E-state index is -0.914. The van der Waals surface area contributed by atoms with Crippen LogP contribution in [0.5, 0.6) is 0 Å². The number of unbranched alkanes of at least 4 members (excludes halogenated alkanes) is 11. The predicted octanol–water partition coefficient (Wildman–Crippen LogP) is 2.41. The molecule has 0 heterocycles. The Morgan fingerprint density at radius 3 is 1.64 bits per heavy atom. The summed E-state index contributed by atoms with van der Waals surface area (Å²) in [4.78, 5) is 10.2. The molecule has 0 bridgehead atoms. The van der Waals surface area contributed by atoms with E-state index in [-0.39, 0.29) is 43.4 Å². The normalized spacial score (nSPS) is 10.2. The average Bonchev–Trinajstić information content (AvgIpc) is 2.43. The van der Waals surface area contributed by atoms with E-state index in [0.717, 1.165) is 19.3 Å². The van der Waals surface area contributed by atoms with Gasteiger partial charge in [-0.2, -0.15) is 0 Å². The fourth-order valence-electron chi connectivity index (χ4n) is 2.34. The van der Waals surface area contributed by atoms with Gasteiger partial charge >= 0.3 is 29.6 Å². The van der Waals surface area contributed by atoms with Crippen LogP contribution in [0, 0.1) is 0 Å². The van der Waals surface area contributed by atoms with Crippen molar-refractivity contribution in [2.45, 2.75) is 104 Å². The summed E-state index contributed by atoms with van der Waals surface area (Å²) >= 11 is 0. The van der Waals surface area contributed by atoms with Crippen molar-refractivity contribution in [3.05, 3.63) is 12.2 Å². The first kappa shape index (κ1) is 27.1. The molecule has 0 aromatic rings. The quantitative estimate of drug-likeness (QED) is 0.264. The number of carbonyl (C=O) groups excluding carboxylic acids is 1. The van der Waals surface area contributed by atoms with E-state index in [9.17, 15) is 9.90 Å². The van der Waals surface area contributed by atoms with Gasteiger partial charge in [0.25, 0.3) is 0 Å². The van der Waals surface area contributed by atoms with Crippen molar-refractivity contribution in [1.29, 1.82) is 0 Å². The van der Waals surface area contributed by atoms with Gasteiger partial charge in [-0.1, -0.05) is 77.9 Å². The molecule has 0 amide bonds. The molecule has 0 fully saturated rings. The van der Waals surface area contributed by atoms with Gasteiger partial charge in [0.05, 0.1) is 0 Å². The zero-order valence-electron chi connectivity index (χ0n) is 14.4. The number of carbonyl (C=O) groups is 1. The van der Waals surface area contributed by atoms with Crippen LogP contribution in [0.4, 0.5) is 0 Å². The standard InChI is InChI=1S/C18H34O2.CH4.Na/c1-2-3-4-5-6-7-8-9-10-11-12-13-14-15-16-17-18(19)20;;/h9-10H,2-8,11-17H2,1H3,(H,19,20);1H4;/q;;+1/p-1/b10-9-;;. The third-order valence-corrected chi connectivity index (χ3v) is 3.64. The molecule has 126 valence electrons. The molecular formula is C19H37NaO2. The predicted molar refractivity (Wildman–Crippen MR) is 91.2 cm³/mol. The van der Waals surface area contributed by atoms with Crippen molar-refractivity contribution in [3.8, 4) is 0 Å². The number of rotatable bonds is 15. The second kappa shape index (κ2) is 23.5. The van der Waals surface area contributed by atoms with E-state index in [1.165, 1.54) is 64.2 Å². The Labute approximate surface area is 161 Å². The minimum Gasteiger partial charge on any atom is -0.550 e. The molecule has 0 aliphatic carbocycles. The van der Waals surface area contributed by atoms with Crippen LogP contribution in [0.1, 0.15) is 104 Å². The molecular weight excluding hydrogens is 283 g/mol. The van der Waals surface area contributed by atoms with Crippen LogP contribution in [0.25, 0.3) is 0 Å². The summed E-state index contributed by atoms with van der Waals surface area (Å²) in [5.74, 6) is -0.914. The van der Waals surface area contributed by atoms with E-state index >= 15 is 0 Å². The molecule has 0 spiro atoms. The number of hydrogen-bond acceptors (Lipinski definition) is 2. The average molecular weight is 320 g/mol. The third-order valence-electron chi connectivity index (χ3n) is 3.64. The molecule has 0 saturated carbocycles. The molecule has 0 aromatic heterocycles. The summed E-state index contributed by atoms with van der Waals surface area (Å²) in [5.41, 5.74) is 0. The Kier molecular flexibility index (Phi) is 28.9. The van der Waals surface area contributed by atoms with Crippen molar-refractivity contribution >= 4 is 5.97 Å². The van der Waals surface area contributed by atoms with Gasteiger partial charge in [-0.3, -0.25) is 0 Å². The number of carboxylic acids is 1. The maximum absolute atomic E-state index is 10.2. The van der Waals surface area contributed by atoms with Crippen LogP contribution in [0.2, 0.25) is 0 Å². The molecule has 0 atom stereocenters. The first-order valence-corrected chi connectivity index (χ1v) is 8.62. The maximum atomic E-state index is 10.2. The zero-order valence-corrected chi connectivity index (χ0v) is 16.4. The van der Waals surface area contributed by atoms with Gasteiger partial charge in [0.1, 0.15) is 0 Å². The van der Waals surface area contributed by atoms with Crippen molar-refractivity contribution in [1.82, 2.24) is 0 Å². The van der Waals surface area contributed by atoms with Crippen molar-refractivity contribution in [2.75, 3.05) is 0 Å². The smallest absolute Gasteiger partial charge is 0.550 e. The Balaban J connectivity index is -0.00000180. The van der Waals surface area contributed by atoms with Crippen LogP contribution in [-0.4, -0.2) is 5.97 Å². The van der Waals surface area contributed by atoms with Gasteiger partial charge < -0.3 is 9.90 Å². The number of aliphatic carboxylic acids is 1. The van der Waals surface area contributed by atoms with Crippen molar-refractivity contribution in [3.63, 3.8) is 0 Å². The largest absolute Gasteiger partial charge is 1.00 e. The zero-order chi connectivity index (χ0) is 14.9. The summed E-state index contributed by atoms with van der Waals surface area (Å²) in [7, 11) is 0. The van der Waals surface area contributed by atoms with E-state index in [1.54, 1.807) is 0 Å². The van der Waals surface area contributed by atoms with Gasteiger partial charge in [0.15, 0.2) is 0 Å². The van der Waals surface area contributed by atoms with E-state index in [1.807, 2.05) is 0 Å². The van der Waals surface area contributed by atoms with Gasteiger partial charge in [-0.15, -0.1) is 0 Å². The van der Waals surface area contributed by atoms with Crippen LogP contribution in [0.15, 0.2) is 12.2 Å². The molecule has 0 aliphatic heterocycles. The van der Waals surface area contributed by atoms with E-state index < -0.39 is 5.97 Å². The van der Waals surface area contributed by atoms with Crippen LogP contribution >= 0.6 is 0 Å². The van der Waals surface area contributed by atoms with E-state index in [2.05, 4.69) is 19.1 Å². The van der Waals surface area contributed by atoms with Crippen LogP contribution in [0.3, 0.4) is 0 Å². The SMILES string of the molecule is C.CCCCCCCC/C=C\CCCCCCCC(=O)[O-].[Na+]. The molecule has 22 heavy (non-hydrogen) atoms. The Morgan fingerprint density at radius 1 is 0.773 bits per heavy atom. The topological polar surface area (TPSA) is 40.1 Å². The fourth-order valence-corrected chi connectivity index (χ4v) is 2.34. The molecule has 2 nitrogen and oxygen atoms in total. The maximum Gasteiger partial charge on any atom is 1.00 e. The summed E-state index contributed by atoms with van der Waals surface area (Å²) in [6, 6.07) is 0. The molecule has 0 N–H and O–H groups in total.